The summed E-state index contributed by atoms with van der Waals surface area (Å²) in [5.41, 5.74) is 1.69. The first kappa shape index (κ1) is 19.9. The molecule has 1 N–H and O–H groups in total. The van der Waals surface area contributed by atoms with Gasteiger partial charge in [-0.3, -0.25) is 14.5 Å². The number of ether oxygens (including phenoxy) is 2. The minimum absolute atomic E-state index is 0.133. The van der Waals surface area contributed by atoms with Crippen LogP contribution in [-0.4, -0.2) is 32.6 Å². The van der Waals surface area contributed by atoms with E-state index in [0.29, 0.717) is 28.4 Å². The summed E-state index contributed by atoms with van der Waals surface area (Å²) in [5.74, 6) is 0.698. The SMILES string of the molecule is COc1ccc(C(=O)N(CC(=O)Nc2cccc(OC)c2)c2ccccc2)cc1. The van der Waals surface area contributed by atoms with Gasteiger partial charge in [0.15, 0.2) is 0 Å². The summed E-state index contributed by atoms with van der Waals surface area (Å²) >= 11 is 0. The molecule has 0 saturated heterocycles. The van der Waals surface area contributed by atoms with Crippen LogP contribution in [0.4, 0.5) is 11.4 Å². The molecule has 0 atom stereocenters. The number of methoxy groups -OCH3 is 2. The zero-order valence-corrected chi connectivity index (χ0v) is 16.3. The van der Waals surface area contributed by atoms with Crippen LogP contribution < -0.4 is 19.7 Å². The minimum atomic E-state index is -0.316. The molecule has 0 unspecified atom stereocenters. The maximum Gasteiger partial charge on any atom is 0.258 e. The number of benzene rings is 3. The highest BCUT2D eigenvalue weighted by Crippen LogP contribution is 2.20. The van der Waals surface area contributed by atoms with E-state index in [4.69, 9.17) is 9.47 Å². The molecule has 0 radical (unpaired) electrons. The number of para-hydroxylation sites is 1. The normalized spacial score (nSPS) is 10.1. The van der Waals surface area contributed by atoms with Gasteiger partial charge < -0.3 is 14.8 Å². The molecule has 3 aromatic carbocycles. The first-order valence-electron chi connectivity index (χ1n) is 9.05. The zero-order valence-electron chi connectivity index (χ0n) is 16.3. The van der Waals surface area contributed by atoms with Crippen LogP contribution >= 0.6 is 0 Å². The lowest BCUT2D eigenvalue weighted by molar-refractivity contribution is -0.114. The smallest absolute Gasteiger partial charge is 0.258 e. The molecule has 3 aromatic rings. The molecule has 148 valence electrons. The quantitative estimate of drug-likeness (QED) is 0.662. The Labute approximate surface area is 169 Å². The molecule has 0 aromatic heterocycles. The summed E-state index contributed by atoms with van der Waals surface area (Å²) in [4.78, 5) is 27.2. The number of nitrogens with one attached hydrogen (secondary N) is 1. The second kappa shape index (κ2) is 9.41. The van der Waals surface area contributed by atoms with Crippen LogP contribution in [0.2, 0.25) is 0 Å². The Morgan fingerprint density at radius 2 is 1.52 bits per heavy atom. The molecule has 6 nitrogen and oxygen atoms in total. The highest BCUT2D eigenvalue weighted by Gasteiger charge is 2.21. The summed E-state index contributed by atoms with van der Waals surface area (Å²) in [6.07, 6.45) is 0. The van der Waals surface area contributed by atoms with Crippen LogP contribution in [0.3, 0.4) is 0 Å². The van der Waals surface area contributed by atoms with Gasteiger partial charge in [-0.25, -0.2) is 0 Å². The van der Waals surface area contributed by atoms with Crippen LogP contribution in [0.1, 0.15) is 10.4 Å². The summed E-state index contributed by atoms with van der Waals surface area (Å²) in [7, 11) is 3.13. The molecule has 0 aliphatic carbocycles. The summed E-state index contributed by atoms with van der Waals surface area (Å²) in [5, 5.41) is 2.81. The fourth-order valence-electron chi connectivity index (χ4n) is 2.82. The van der Waals surface area contributed by atoms with E-state index in [1.165, 1.54) is 4.90 Å². The second-order valence-electron chi connectivity index (χ2n) is 6.24. The van der Waals surface area contributed by atoms with E-state index in [1.54, 1.807) is 74.9 Å². The molecule has 0 bridgehead atoms. The Balaban J connectivity index is 1.81. The van der Waals surface area contributed by atoms with Crippen molar-refractivity contribution in [3.8, 4) is 11.5 Å². The first-order valence-corrected chi connectivity index (χ1v) is 9.05. The Hall–Kier alpha value is -3.80. The number of amides is 2. The lowest BCUT2D eigenvalue weighted by Crippen LogP contribution is -2.38. The predicted octanol–water partition coefficient (Wildman–Crippen LogP) is 3.99. The molecule has 0 heterocycles. The topological polar surface area (TPSA) is 67.9 Å². The van der Waals surface area contributed by atoms with Crippen LogP contribution in [0, 0.1) is 0 Å². The minimum Gasteiger partial charge on any atom is -0.497 e. The van der Waals surface area contributed by atoms with E-state index in [-0.39, 0.29) is 18.4 Å². The van der Waals surface area contributed by atoms with Crippen molar-refractivity contribution >= 4 is 23.2 Å². The molecule has 0 spiro atoms. The third kappa shape index (κ3) is 5.13. The maximum atomic E-state index is 13.1. The number of carbonyl (C=O) groups excluding carboxylic acids is 2. The van der Waals surface area contributed by atoms with E-state index in [1.807, 2.05) is 18.2 Å². The predicted molar refractivity (Wildman–Crippen MR) is 113 cm³/mol. The van der Waals surface area contributed by atoms with Crippen molar-refractivity contribution in [3.05, 3.63) is 84.4 Å². The third-order valence-electron chi connectivity index (χ3n) is 4.31. The standard InChI is InChI=1S/C23H22N2O4/c1-28-20-13-11-17(12-14-20)23(27)25(19-8-4-3-5-9-19)16-22(26)24-18-7-6-10-21(15-18)29-2/h3-15H,16H2,1-2H3,(H,24,26). The zero-order chi connectivity index (χ0) is 20.6. The van der Waals surface area contributed by atoms with E-state index in [0.717, 1.165) is 0 Å². The molecule has 0 fully saturated rings. The number of anilines is 2. The lowest BCUT2D eigenvalue weighted by Gasteiger charge is -2.22. The molecule has 2 amide bonds. The van der Waals surface area contributed by atoms with Gasteiger partial charge in [-0.1, -0.05) is 24.3 Å². The fraction of sp³-hybridized carbons (Fsp3) is 0.130. The maximum absolute atomic E-state index is 13.1. The van der Waals surface area contributed by atoms with Gasteiger partial charge in [0.2, 0.25) is 5.91 Å². The Morgan fingerprint density at radius 3 is 2.17 bits per heavy atom. The van der Waals surface area contributed by atoms with Gasteiger partial charge >= 0.3 is 0 Å². The Kier molecular flexibility index (Phi) is 6.47. The van der Waals surface area contributed by atoms with Gasteiger partial charge in [-0.15, -0.1) is 0 Å². The number of rotatable bonds is 7. The van der Waals surface area contributed by atoms with Crippen molar-refractivity contribution in [1.29, 1.82) is 0 Å². The van der Waals surface area contributed by atoms with Crippen LogP contribution in [0.15, 0.2) is 78.9 Å². The monoisotopic (exact) mass is 390 g/mol. The number of hydrogen-bond acceptors (Lipinski definition) is 4. The van der Waals surface area contributed by atoms with Crippen LogP contribution in [-0.2, 0) is 4.79 Å². The number of carbonyl (C=O) groups is 2. The van der Waals surface area contributed by atoms with Gasteiger partial charge in [-0.05, 0) is 48.5 Å². The Bertz CT molecular complexity index is 972. The highest BCUT2D eigenvalue weighted by atomic mass is 16.5. The van der Waals surface area contributed by atoms with Crippen molar-refractivity contribution < 1.29 is 19.1 Å². The molecule has 29 heavy (non-hydrogen) atoms. The molecular weight excluding hydrogens is 368 g/mol. The average molecular weight is 390 g/mol. The largest absolute Gasteiger partial charge is 0.497 e. The van der Waals surface area contributed by atoms with E-state index >= 15 is 0 Å². The third-order valence-corrected chi connectivity index (χ3v) is 4.31. The van der Waals surface area contributed by atoms with Gasteiger partial charge in [0.05, 0.1) is 14.2 Å². The summed E-state index contributed by atoms with van der Waals surface area (Å²) < 4.78 is 10.3. The van der Waals surface area contributed by atoms with Gasteiger partial charge in [-0.2, -0.15) is 0 Å². The van der Waals surface area contributed by atoms with Gasteiger partial charge in [0, 0.05) is 23.0 Å². The van der Waals surface area contributed by atoms with Gasteiger partial charge in [0.25, 0.3) is 5.91 Å². The second-order valence-corrected chi connectivity index (χ2v) is 6.24. The number of hydrogen-bond donors (Lipinski definition) is 1. The number of nitrogens with zero attached hydrogens (tertiary/aromatic N) is 1. The Morgan fingerprint density at radius 1 is 0.828 bits per heavy atom. The molecule has 6 heteroatoms. The van der Waals surface area contributed by atoms with Crippen molar-refractivity contribution in [2.75, 3.05) is 31.0 Å². The van der Waals surface area contributed by atoms with Crippen molar-refractivity contribution in [1.82, 2.24) is 0 Å². The van der Waals surface area contributed by atoms with Crippen LogP contribution in [0.25, 0.3) is 0 Å². The van der Waals surface area contributed by atoms with Crippen LogP contribution in [0.5, 0.6) is 11.5 Å². The molecule has 0 saturated carbocycles. The summed E-state index contributed by atoms with van der Waals surface area (Å²) in [6, 6.07) is 22.9. The molecule has 0 aliphatic rings. The fourth-order valence-corrected chi connectivity index (χ4v) is 2.82. The van der Waals surface area contributed by atoms with Crippen molar-refractivity contribution in [2.45, 2.75) is 0 Å². The van der Waals surface area contributed by atoms with E-state index < -0.39 is 0 Å². The highest BCUT2D eigenvalue weighted by molar-refractivity contribution is 6.10. The molecule has 3 rings (SSSR count). The molecule has 0 aliphatic heterocycles. The first-order chi connectivity index (χ1) is 14.1. The summed E-state index contributed by atoms with van der Waals surface area (Å²) in [6.45, 7) is -0.133. The lowest BCUT2D eigenvalue weighted by atomic mass is 10.1. The van der Waals surface area contributed by atoms with Gasteiger partial charge in [0.1, 0.15) is 18.0 Å². The van der Waals surface area contributed by atoms with E-state index in [2.05, 4.69) is 5.32 Å². The molecular formula is C23H22N2O4. The van der Waals surface area contributed by atoms with E-state index in [9.17, 15) is 9.59 Å². The average Bonchev–Trinajstić information content (AvgIpc) is 2.77. The van der Waals surface area contributed by atoms with Crippen molar-refractivity contribution in [3.63, 3.8) is 0 Å². The van der Waals surface area contributed by atoms with Crippen molar-refractivity contribution in [2.24, 2.45) is 0 Å².